The number of ketones is 4. The van der Waals surface area contributed by atoms with E-state index in [-0.39, 0.29) is 72.0 Å². The second-order valence-electron chi connectivity index (χ2n) is 33.7. The van der Waals surface area contributed by atoms with Gasteiger partial charge in [-0.05, 0) is 171 Å². The van der Waals surface area contributed by atoms with E-state index in [2.05, 4.69) is 95.2 Å². The Morgan fingerprint density at radius 1 is 0.276 bits per heavy atom. The summed E-state index contributed by atoms with van der Waals surface area (Å²) in [4.78, 5) is 94.3. The summed E-state index contributed by atoms with van der Waals surface area (Å²) < 4.78 is 18.7. The molecule has 4 aliphatic carbocycles. The lowest BCUT2D eigenvalue weighted by Crippen LogP contribution is -2.13. The van der Waals surface area contributed by atoms with Crippen molar-refractivity contribution in [3.05, 3.63) is 142 Å². The largest absolute Gasteiger partial charge is 0.469 e. The molecule has 16 heteroatoms. The van der Waals surface area contributed by atoms with Crippen molar-refractivity contribution >= 4 is 47.0 Å². The predicted octanol–water partition coefficient (Wildman–Crippen LogP) is 23.5. The third-order valence-corrected chi connectivity index (χ3v) is 25.2. The molecule has 4 aromatic carbocycles. The number of Topliss-reactive ketones (excluding diaryl/α,β-unsaturated/α-hetero) is 4. The molecular formula is C100H152O16. The Kier molecular flexibility index (Phi) is 50.8. The quantitative estimate of drug-likeness (QED) is 0.0182. The number of esters is 4. The minimum absolute atomic E-state index is 0.121. The summed E-state index contributed by atoms with van der Waals surface area (Å²) in [5.41, 5.74) is 8.86. The van der Waals surface area contributed by atoms with Crippen LogP contribution in [-0.2, 0) is 57.3 Å². The minimum Gasteiger partial charge on any atom is -0.469 e. The van der Waals surface area contributed by atoms with Gasteiger partial charge in [0.2, 0.25) is 0 Å². The number of rotatable bonds is 52. The average Bonchev–Trinajstić information content (AvgIpc) is 1.72. The van der Waals surface area contributed by atoms with Crippen LogP contribution in [0.1, 0.15) is 428 Å². The van der Waals surface area contributed by atoms with Crippen molar-refractivity contribution < 1.29 is 77.7 Å². The van der Waals surface area contributed by atoms with Gasteiger partial charge in [0, 0.05) is 75.0 Å². The predicted molar refractivity (Wildman–Crippen MR) is 463 cm³/mol. The van der Waals surface area contributed by atoms with E-state index >= 15 is 0 Å². The Hall–Kier alpha value is -6.72. The number of unbranched alkanes of at least 4 members (excludes halogenated alkanes) is 20. The Morgan fingerprint density at radius 2 is 0.457 bits per heavy atom. The molecule has 4 aliphatic rings. The van der Waals surface area contributed by atoms with Crippen LogP contribution in [0.15, 0.2) is 97.1 Å². The van der Waals surface area contributed by atoms with Crippen LogP contribution < -0.4 is 0 Å². The van der Waals surface area contributed by atoms with Crippen molar-refractivity contribution in [3.63, 3.8) is 0 Å². The van der Waals surface area contributed by atoms with Crippen LogP contribution in [0.25, 0.3) is 0 Å². The summed E-state index contributed by atoms with van der Waals surface area (Å²) >= 11 is 0. The molecule has 4 fully saturated rings. The Bertz CT molecular complexity index is 2930. The molecule has 116 heavy (non-hydrogen) atoms. The fourth-order valence-corrected chi connectivity index (χ4v) is 17.9. The lowest BCUT2D eigenvalue weighted by Gasteiger charge is -2.20. The maximum absolute atomic E-state index is 12.4. The van der Waals surface area contributed by atoms with Crippen LogP contribution in [0.5, 0.6) is 0 Å². The molecule has 0 heterocycles. The summed E-state index contributed by atoms with van der Waals surface area (Å²) in [7, 11) is 5.70. The van der Waals surface area contributed by atoms with Crippen LogP contribution in [0.3, 0.4) is 0 Å². The smallest absolute Gasteiger partial charge is 0.305 e. The molecular weight excluding hydrogens is 1460 g/mol. The van der Waals surface area contributed by atoms with Crippen LogP contribution in [0.4, 0.5) is 0 Å². The SMILES string of the molecule is CCCCC[C@H](O)c1ccc([C@@H]2CCC(=O)[C@@H]2CCCCCCC(=O)OC)cc1.CCCCC[C@H](O)c1ccc([C@@H]2CCC(=O)[C@H]2CCCCCCC(=O)OC)cc1.CCCCC[C@H](O)c1ccc([C@H]2CCC(=O)[C@@H]2CCCCCCC(=O)OC)cc1.CCCCC[C@H](O)c1ccc([C@H]2CCC(=O)[C@H]2CCCCCCC(=O)OC)cc1. The zero-order valence-corrected chi connectivity index (χ0v) is 72.8. The van der Waals surface area contributed by atoms with Gasteiger partial charge >= 0.3 is 23.9 Å². The van der Waals surface area contributed by atoms with Gasteiger partial charge in [0.1, 0.15) is 23.1 Å². The van der Waals surface area contributed by atoms with Crippen molar-refractivity contribution in [2.75, 3.05) is 28.4 Å². The van der Waals surface area contributed by atoms with Crippen molar-refractivity contribution in [2.24, 2.45) is 23.7 Å². The van der Waals surface area contributed by atoms with Crippen LogP contribution in [0, 0.1) is 23.7 Å². The molecule has 4 aromatic rings. The molecule has 0 aromatic heterocycles. The molecule has 0 amide bonds. The maximum Gasteiger partial charge on any atom is 0.305 e. The minimum atomic E-state index is -0.387. The van der Waals surface area contributed by atoms with Gasteiger partial charge in [-0.1, -0.05) is 279 Å². The van der Waals surface area contributed by atoms with E-state index in [4.69, 9.17) is 0 Å². The first-order chi connectivity index (χ1) is 56.2. The Balaban J connectivity index is 0.000000276. The van der Waals surface area contributed by atoms with Crippen molar-refractivity contribution in [2.45, 2.75) is 384 Å². The number of methoxy groups -OCH3 is 4. The van der Waals surface area contributed by atoms with Gasteiger partial charge in [-0.3, -0.25) is 38.4 Å². The molecule has 4 N–H and O–H groups in total. The summed E-state index contributed by atoms with van der Waals surface area (Å²) in [6.45, 7) is 8.68. The molecule has 0 aliphatic heterocycles. The molecule has 4 saturated carbocycles. The number of carbonyl (C=O) groups is 8. The van der Waals surface area contributed by atoms with Crippen molar-refractivity contribution in [1.82, 2.24) is 0 Å². The highest BCUT2D eigenvalue weighted by atomic mass is 16.5. The molecule has 0 radical (unpaired) electrons. The number of benzene rings is 4. The van der Waals surface area contributed by atoms with Gasteiger partial charge in [0.05, 0.1) is 52.9 Å². The summed E-state index contributed by atoms with van der Waals surface area (Å²) in [5.74, 6) is 2.73. The molecule has 0 spiro atoms. The standard InChI is InChI=1S/4C25H38O4/c4*1-3-4-7-11-23(26)20-15-13-19(14-16-20)21-17-18-24(27)22(21)10-8-5-6-9-12-25(28)29-2/h4*13-16,21-23,26H,3-12,17-18H2,1-2H3/t21-,22+,23+;21-,22+,23-;21-,22-,23+;21-,22-,23-/m1010/s1. The topological polar surface area (TPSA) is 254 Å². The van der Waals surface area contributed by atoms with Gasteiger partial charge in [0.15, 0.2) is 0 Å². The Morgan fingerprint density at radius 3 is 0.629 bits per heavy atom. The fourth-order valence-electron chi connectivity index (χ4n) is 17.9. The highest BCUT2D eigenvalue weighted by molar-refractivity contribution is 5.86. The monoisotopic (exact) mass is 1610 g/mol. The zero-order chi connectivity index (χ0) is 84.2. The third-order valence-electron chi connectivity index (χ3n) is 25.2. The molecule has 0 bridgehead atoms. The van der Waals surface area contributed by atoms with Gasteiger partial charge in [-0.15, -0.1) is 0 Å². The van der Waals surface area contributed by atoms with E-state index in [1.54, 1.807) is 0 Å². The molecule has 8 rings (SSSR count). The lowest BCUT2D eigenvalue weighted by atomic mass is 9.84. The Labute approximate surface area is 698 Å². The van der Waals surface area contributed by atoms with Gasteiger partial charge in [0.25, 0.3) is 0 Å². The van der Waals surface area contributed by atoms with E-state index in [1.165, 1.54) is 50.7 Å². The van der Waals surface area contributed by atoms with E-state index in [1.807, 2.05) is 48.5 Å². The highest BCUT2D eigenvalue weighted by Gasteiger charge is 2.39. The van der Waals surface area contributed by atoms with E-state index in [0.29, 0.717) is 98.2 Å². The first kappa shape index (κ1) is 99.8. The normalized spacial score (nSPS) is 20.0. The number of carbonyl (C=O) groups excluding carboxylic acids is 8. The van der Waals surface area contributed by atoms with Crippen LogP contribution >= 0.6 is 0 Å². The molecule has 0 saturated heterocycles. The summed E-state index contributed by atoms with van der Waals surface area (Å²) in [5, 5.41) is 41.4. The van der Waals surface area contributed by atoms with Gasteiger partial charge in [-0.2, -0.15) is 0 Å². The molecule has 0 unspecified atom stereocenters. The number of ether oxygens (including phenoxy) is 4. The second kappa shape index (κ2) is 59.0. The van der Waals surface area contributed by atoms with Crippen molar-refractivity contribution in [1.29, 1.82) is 0 Å². The number of hydrogen-bond acceptors (Lipinski definition) is 16. The van der Waals surface area contributed by atoms with E-state index in [9.17, 15) is 58.8 Å². The number of aliphatic hydroxyl groups is 4. The molecule has 12 atom stereocenters. The summed E-state index contributed by atoms with van der Waals surface area (Å²) in [6, 6.07) is 33.3. The van der Waals surface area contributed by atoms with Crippen LogP contribution in [0.2, 0.25) is 0 Å². The van der Waals surface area contributed by atoms with Gasteiger partial charge in [-0.25, -0.2) is 0 Å². The molecule has 648 valence electrons. The van der Waals surface area contributed by atoms with Crippen LogP contribution in [-0.4, -0.2) is 95.9 Å². The van der Waals surface area contributed by atoms with E-state index in [0.717, 1.165) is 279 Å². The number of aliphatic hydroxyl groups excluding tert-OH is 4. The second-order valence-corrected chi connectivity index (χ2v) is 33.7. The lowest BCUT2D eigenvalue weighted by molar-refractivity contribution is -0.141. The van der Waals surface area contributed by atoms with E-state index < -0.39 is 0 Å². The third kappa shape index (κ3) is 36.9. The highest BCUT2D eigenvalue weighted by Crippen LogP contribution is 2.45. The average molecular weight is 1610 g/mol. The number of hydrogen-bond donors (Lipinski definition) is 4. The van der Waals surface area contributed by atoms with Gasteiger partial charge < -0.3 is 39.4 Å². The first-order valence-electron chi connectivity index (χ1n) is 45.8. The summed E-state index contributed by atoms with van der Waals surface area (Å²) in [6.07, 6.45) is 43.1. The first-order valence-corrected chi connectivity index (χ1v) is 45.8. The zero-order valence-electron chi connectivity index (χ0n) is 72.8. The fraction of sp³-hybridized carbons (Fsp3) is 0.680. The van der Waals surface area contributed by atoms with Crippen molar-refractivity contribution in [3.8, 4) is 0 Å². The molecule has 16 nitrogen and oxygen atoms in total. The maximum atomic E-state index is 12.4.